The molecule has 2 aliphatic rings. The molecule has 5 nitrogen and oxygen atoms in total. The average Bonchev–Trinajstić information content (AvgIpc) is 3.28. The molecule has 0 radical (unpaired) electrons. The summed E-state index contributed by atoms with van der Waals surface area (Å²) >= 11 is 0. The van der Waals surface area contributed by atoms with Gasteiger partial charge in [0.25, 0.3) is 0 Å². The quantitative estimate of drug-likeness (QED) is 0.624. The van der Waals surface area contributed by atoms with E-state index in [2.05, 4.69) is 10.3 Å². The van der Waals surface area contributed by atoms with Crippen LogP contribution >= 0.6 is 12.4 Å². The van der Waals surface area contributed by atoms with E-state index in [4.69, 9.17) is 14.2 Å². The molecular formula is C24H26ClFN2O3. The molecule has 0 unspecified atom stereocenters. The molecule has 2 aliphatic heterocycles. The van der Waals surface area contributed by atoms with Crippen LogP contribution in [0.1, 0.15) is 17.9 Å². The molecule has 0 amide bonds. The van der Waals surface area contributed by atoms with Crippen molar-refractivity contribution in [3.05, 3.63) is 84.4 Å². The lowest BCUT2D eigenvalue weighted by molar-refractivity contribution is 0.173. The van der Waals surface area contributed by atoms with Crippen LogP contribution < -0.4 is 19.5 Å². The van der Waals surface area contributed by atoms with Crippen molar-refractivity contribution in [3.63, 3.8) is 0 Å². The fraction of sp³-hybridized carbons (Fsp3) is 0.292. The van der Waals surface area contributed by atoms with Crippen LogP contribution in [0.4, 0.5) is 4.39 Å². The number of ether oxygens (including phenoxy) is 3. The van der Waals surface area contributed by atoms with E-state index < -0.39 is 0 Å². The summed E-state index contributed by atoms with van der Waals surface area (Å²) in [5.74, 6) is 2.79. The van der Waals surface area contributed by atoms with Gasteiger partial charge in [-0.15, -0.1) is 12.4 Å². The molecule has 164 valence electrons. The van der Waals surface area contributed by atoms with Gasteiger partial charge >= 0.3 is 0 Å². The molecule has 0 aliphatic carbocycles. The zero-order chi connectivity index (χ0) is 20.6. The van der Waals surface area contributed by atoms with Crippen molar-refractivity contribution in [3.8, 4) is 17.2 Å². The number of hydrogen-bond acceptors (Lipinski definition) is 5. The molecule has 1 saturated heterocycles. The Hall–Kier alpha value is -2.83. The van der Waals surface area contributed by atoms with Gasteiger partial charge in [-0.25, -0.2) is 4.39 Å². The van der Waals surface area contributed by atoms with Crippen molar-refractivity contribution in [2.75, 3.05) is 26.5 Å². The van der Waals surface area contributed by atoms with Crippen LogP contribution in [0, 0.1) is 11.7 Å². The second-order valence-electron chi connectivity index (χ2n) is 7.26. The number of benzene rings is 2. The van der Waals surface area contributed by atoms with Gasteiger partial charge in [0.2, 0.25) is 6.79 Å². The average molecular weight is 445 g/mol. The number of hydrogen-bond donors (Lipinski definition) is 1. The van der Waals surface area contributed by atoms with Crippen molar-refractivity contribution in [2.45, 2.75) is 12.3 Å². The predicted octanol–water partition coefficient (Wildman–Crippen LogP) is 4.83. The molecule has 31 heavy (non-hydrogen) atoms. The molecule has 1 fully saturated rings. The number of aromatic nitrogens is 1. The van der Waals surface area contributed by atoms with Gasteiger partial charge in [0, 0.05) is 30.9 Å². The maximum atomic E-state index is 13.2. The number of piperidine rings is 1. The highest BCUT2D eigenvalue weighted by atomic mass is 35.5. The minimum Gasteiger partial charge on any atom is -0.493 e. The highest BCUT2D eigenvalue weighted by Crippen LogP contribution is 2.36. The summed E-state index contributed by atoms with van der Waals surface area (Å²) in [6.07, 6.45) is 4.53. The second kappa shape index (κ2) is 11.5. The molecule has 1 N–H and O–H groups in total. The van der Waals surface area contributed by atoms with Crippen molar-refractivity contribution < 1.29 is 18.6 Å². The third-order valence-electron chi connectivity index (χ3n) is 5.28. The number of nitrogens with zero attached hydrogens (tertiary/aromatic N) is 1. The zero-order valence-electron chi connectivity index (χ0n) is 17.1. The maximum absolute atomic E-state index is 13.2. The van der Waals surface area contributed by atoms with Gasteiger partial charge in [-0.2, -0.15) is 0 Å². The summed E-state index contributed by atoms with van der Waals surface area (Å²) in [6, 6.07) is 18.2. The molecule has 2 aromatic carbocycles. The summed E-state index contributed by atoms with van der Waals surface area (Å²) < 4.78 is 29.9. The fourth-order valence-corrected chi connectivity index (χ4v) is 3.73. The van der Waals surface area contributed by atoms with Crippen LogP contribution in [-0.4, -0.2) is 31.5 Å². The largest absolute Gasteiger partial charge is 0.493 e. The number of rotatable bonds is 4. The van der Waals surface area contributed by atoms with Gasteiger partial charge in [-0.1, -0.05) is 18.2 Å². The van der Waals surface area contributed by atoms with Gasteiger partial charge in [-0.05, 0) is 60.8 Å². The van der Waals surface area contributed by atoms with E-state index in [1.165, 1.54) is 17.7 Å². The van der Waals surface area contributed by atoms with E-state index in [1.807, 2.05) is 48.5 Å². The highest BCUT2D eigenvalue weighted by Gasteiger charge is 2.27. The topological polar surface area (TPSA) is 52.6 Å². The van der Waals surface area contributed by atoms with Crippen LogP contribution in [0.3, 0.4) is 0 Å². The van der Waals surface area contributed by atoms with Gasteiger partial charge in [0.05, 0.1) is 6.61 Å². The molecule has 0 bridgehead atoms. The van der Waals surface area contributed by atoms with Crippen LogP contribution in [0.15, 0.2) is 73.1 Å². The normalized spacial score (nSPS) is 18.9. The Labute approximate surface area is 188 Å². The van der Waals surface area contributed by atoms with Gasteiger partial charge in [0.1, 0.15) is 11.6 Å². The van der Waals surface area contributed by atoms with Crippen LogP contribution in [-0.2, 0) is 0 Å². The van der Waals surface area contributed by atoms with E-state index in [1.54, 1.807) is 12.4 Å². The summed E-state index contributed by atoms with van der Waals surface area (Å²) in [6.45, 7) is 2.74. The molecule has 3 aromatic rings. The summed E-state index contributed by atoms with van der Waals surface area (Å²) in [7, 11) is 0. The second-order valence-corrected chi connectivity index (χ2v) is 7.26. The molecular weight excluding hydrogens is 419 g/mol. The Bertz CT molecular complexity index is 901. The Morgan fingerprint density at radius 3 is 2.48 bits per heavy atom. The van der Waals surface area contributed by atoms with E-state index in [0.29, 0.717) is 18.4 Å². The summed E-state index contributed by atoms with van der Waals surface area (Å²) in [4.78, 5) is 3.78. The third-order valence-corrected chi connectivity index (χ3v) is 5.28. The molecule has 5 rings (SSSR count). The number of pyridine rings is 1. The van der Waals surface area contributed by atoms with Gasteiger partial charge < -0.3 is 19.5 Å². The number of halogens is 2. The van der Waals surface area contributed by atoms with E-state index in [0.717, 1.165) is 36.8 Å². The molecule has 0 spiro atoms. The first-order chi connectivity index (χ1) is 14.8. The lowest BCUT2D eigenvalue weighted by atomic mass is 9.81. The number of nitrogens with one attached hydrogen (secondary N) is 1. The summed E-state index contributed by atoms with van der Waals surface area (Å²) in [5.41, 5.74) is 1.18. The minimum absolute atomic E-state index is 0. The Morgan fingerprint density at radius 1 is 1.00 bits per heavy atom. The Balaban J connectivity index is 0.000000338. The van der Waals surface area contributed by atoms with Crippen molar-refractivity contribution in [1.82, 2.24) is 10.3 Å². The maximum Gasteiger partial charge on any atom is 0.231 e. The van der Waals surface area contributed by atoms with Crippen molar-refractivity contribution >= 4 is 12.4 Å². The molecule has 1 aromatic heterocycles. The lowest BCUT2D eigenvalue weighted by Crippen LogP contribution is -2.38. The highest BCUT2D eigenvalue weighted by molar-refractivity contribution is 5.85. The Morgan fingerprint density at radius 2 is 1.77 bits per heavy atom. The first kappa shape index (κ1) is 22.8. The van der Waals surface area contributed by atoms with Crippen LogP contribution in [0.2, 0.25) is 0 Å². The molecule has 0 saturated carbocycles. The standard InChI is InChI=1S/C19H20FNO3.C5H5N.ClH/c20-15-3-1-13(2-4-15)17-7-8-21-10-14(17)11-22-16-5-6-18-19(9-16)24-12-23-18;1-2-4-6-5-3-1;/h1-6,9,14,17,21H,7-8,10-12H2;1-5H;1H/t14-,17-;;/m0../s1. The van der Waals surface area contributed by atoms with Gasteiger partial charge in [-0.3, -0.25) is 4.98 Å². The van der Waals surface area contributed by atoms with Crippen molar-refractivity contribution in [1.29, 1.82) is 0 Å². The monoisotopic (exact) mass is 444 g/mol. The molecule has 7 heteroatoms. The van der Waals surface area contributed by atoms with Crippen LogP contribution in [0.25, 0.3) is 0 Å². The fourth-order valence-electron chi connectivity index (χ4n) is 3.73. The lowest BCUT2D eigenvalue weighted by Gasteiger charge is -2.32. The van der Waals surface area contributed by atoms with E-state index >= 15 is 0 Å². The minimum atomic E-state index is -0.194. The van der Waals surface area contributed by atoms with E-state index in [-0.39, 0.29) is 25.0 Å². The van der Waals surface area contributed by atoms with E-state index in [9.17, 15) is 4.39 Å². The van der Waals surface area contributed by atoms with Gasteiger partial charge in [0.15, 0.2) is 11.5 Å². The SMILES string of the molecule is Cl.Fc1ccc([C@@H]2CCNC[C@H]2COc2ccc3c(c2)OCO3)cc1.c1ccncc1. The number of fused-ring (bicyclic) bond motifs is 1. The Kier molecular flexibility index (Phi) is 8.50. The van der Waals surface area contributed by atoms with Crippen LogP contribution in [0.5, 0.6) is 17.2 Å². The predicted molar refractivity (Wildman–Crippen MR) is 120 cm³/mol. The summed E-state index contributed by atoms with van der Waals surface area (Å²) in [5, 5.41) is 3.43. The first-order valence-corrected chi connectivity index (χ1v) is 10.1. The third kappa shape index (κ3) is 6.32. The molecule has 3 heterocycles. The van der Waals surface area contributed by atoms with Crippen molar-refractivity contribution in [2.24, 2.45) is 5.92 Å². The zero-order valence-corrected chi connectivity index (χ0v) is 17.9. The smallest absolute Gasteiger partial charge is 0.231 e. The first-order valence-electron chi connectivity index (χ1n) is 10.1. The molecule has 2 atom stereocenters.